The van der Waals surface area contributed by atoms with Gasteiger partial charge in [-0.05, 0) is 64.0 Å². The lowest BCUT2D eigenvalue weighted by molar-refractivity contribution is 0.0998. The molecule has 2 aliphatic heterocycles. The highest BCUT2D eigenvalue weighted by Gasteiger charge is 2.44. The number of hydrogen-bond acceptors (Lipinski definition) is 7. The molecule has 2 fully saturated rings. The molecule has 1 spiro atoms. The number of nitrogens with one attached hydrogen (secondary N) is 1. The van der Waals surface area contributed by atoms with E-state index in [9.17, 15) is 4.79 Å². The van der Waals surface area contributed by atoms with Gasteiger partial charge in [-0.25, -0.2) is 9.50 Å². The Hall–Kier alpha value is -3.59. The van der Waals surface area contributed by atoms with E-state index in [4.69, 9.17) is 14.1 Å². The van der Waals surface area contributed by atoms with Crippen molar-refractivity contribution in [2.75, 3.05) is 44.0 Å². The molecule has 2 saturated heterocycles. The second-order valence-electron chi connectivity index (χ2n) is 9.45. The maximum Gasteiger partial charge on any atom is 0.291 e. The summed E-state index contributed by atoms with van der Waals surface area (Å²) in [5.41, 5.74) is 3.84. The summed E-state index contributed by atoms with van der Waals surface area (Å²) in [7, 11) is 3.79. The maximum absolute atomic E-state index is 13.0. The van der Waals surface area contributed by atoms with Gasteiger partial charge in [0.2, 0.25) is 0 Å². The van der Waals surface area contributed by atoms with Crippen LogP contribution in [0.4, 0.5) is 11.5 Å². The van der Waals surface area contributed by atoms with Crippen LogP contribution in [0.25, 0.3) is 16.6 Å². The number of methoxy groups -OCH3 is 1. The minimum absolute atomic E-state index is 0.208. The standard InChI is InChI=1S/C25H28N6O3/c1-16-11-17-12-18(22(33-3)14-31(17)28-16)27-24(32)21-13-19-20(34-21)5-6-23(26-19)30-10-8-25(15-30)7-4-9-29(25)2/h5-6,11-14H,4,7-10,15H2,1-3H3,(H,27,32)/t25-/m0/s1. The third-order valence-corrected chi connectivity index (χ3v) is 7.34. The molecule has 0 saturated carbocycles. The Balaban J connectivity index is 1.24. The van der Waals surface area contributed by atoms with E-state index in [-0.39, 0.29) is 17.2 Å². The maximum atomic E-state index is 13.0. The fraction of sp³-hybridized carbons (Fsp3) is 0.400. The Morgan fingerprint density at radius 2 is 2.09 bits per heavy atom. The van der Waals surface area contributed by atoms with Crippen molar-refractivity contribution < 1.29 is 13.9 Å². The number of aryl methyl sites for hydroxylation is 1. The number of likely N-dealkylation sites (tertiary alicyclic amines) is 1. The molecule has 176 valence electrons. The summed E-state index contributed by atoms with van der Waals surface area (Å²) in [5.74, 6) is 1.30. The van der Waals surface area contributed by atoms with Gasteiger partial charge in [0.25, 0.3) is 5.91 Å². The van der Waals surface area contributed by atoms with E-state index in [1.54, 1.807) is 23.9 Å². The van der Waals surface area contributed by atoms with E-state index in [1.165, 1.54) is 19.4 Å². The van der Waals surface area contributed by atoms with Crippen LogP contribution in [0.2, 0.25) is 0 Å². The molecule has 0 radical (unpaired) electrons. The van der Waals surface area contributed by atoms with E-state index < -0.39 is 0 Å². The Morgan fingerprint density at radius 1 is 1.21 bits per heavy atom. The zero-order valence-corrected chi connectivity index (χ0v) is 19.7. The molecule has 6 rings (SSSR count). The average Bonchev–Trinajstić information content (AvgIpc) is 3.59. The molecule has 6 heterocycles. The molecule has 0 aliphatic carbocycles. The number of rotatable bonds is 4. The highest BCUT2D eigenvalue weighted by Crippen LogP contribution is 2.38. The highest BCUT2D eigenvalue weighted by atomic mass is 16.5. The SMILES string of the molecule is COc1cn2nc(C)cc2cc1NC(=O)c1cc2nc(N3CC[C@@]4(CCCN4C)C3)ccc2o1. The van der Waals surface area contributed by atoms with Crippen molar-refractivity contribution in [2.45, 2.75) is 31.7 Å². The van der Waals surface area contributed by atoms with Gasteiger partial charge in [-0.2, -0.15) is 5.10 Å². The smallest absolute Gasteiger partial charge is 0.291 e. The zero-order valence-electron chi connectivity index (χ0n) is 19.7. The number of fused-ring (bicyclic) bond motifs is 2. The van der Waals surface area contributed by atoms with Crippen LogP contribution in [-0.4, -0.2) is 64.7 Å². The monoisotopic (exact) mass is 460 g/mol. The van der Waals surface area contributed by atoms with Gasteiger partial charge in [-0.3, -0.25) is 9.69 Å². The number of aromatic nitrogens is 3. The minimum Gasteiger partial charge on any atom is -0.493 e. The number of furan rings is 1. The Bertz CT molecular complexity index is 1410. The van der Waals surface area contributed by atoms with E-state index >= 15 is 0 Å². The van der Waals surface area contributed by atoms with Crippen molar-refractivity contribution in [3.8, 4) is 5.75 Å². The summed E-state index contributed by atoms with van der Waals surface area (Å²) in [6, 6.07) is 9.36. The molecule has 0 bridgehead atoms. The molecule has 1 atom stereocenters. The van der Waals surface area contributed by atoms with Crippen LogP contribution >= 0.6 is 0 Å². The van der Waals surface area contributed by atoms with Crippen LogP contribution in [-0.2, 0) is 0 Å². The van der Waals surface area contributed by atoms with Gasteiger partial charge in [0.15, 0.2) is 17.1 Å². The number of nitrogens with zero attached hydrogens (tertiary/aromatic N) is 5. The van der Waals surface area contributed by atoms with Gasteiger partial charge < -0.3 is 19.4 Å². The third-order valence-electron chi connectivity index (χ3n) is 7.34. The van der Waals surface area contributed by atoms with Crippen molar-refractivity contribution in [2.24, 2.45) is 0 Å². The number of anilines is 2. The molecule has 2 aliphatic rings. The fourth-order valence-corrected chi connectivity index (χ4v) is 5.43. The number of carbonyl (C=O) groups excluding carboxylic acids is 1. The first-order chi connectivity index (χ1) is 16.4. The highest BCUT2D eigenvalue weighted by molar-refractivity contribution is 6.05. The second-order valence-corrected chi connectivity index (χ2v) is 9.45. The largest absolute Gasteiger partial charge is 0.493 e. The average molecular weight is 461 g/mol. The Labute approximate surface area is 197 Å². The summed E-state index contributed by atoms with van der Waals surface area (Å²) in [4.78, 5) is 22.7. The molecular formula is C25H28N6O3. The van der Waals surface area contributed by atoms with Crippen LogP contribution < -0.4 is 15.0 Å². The number of likely N-dealkylation sites (N-methyl/N-ethyl adjacent to an activating group) is 1. The molecule has 9 heteroatoms. The zero-order chi connectivity index (χ0) is 23.4. The van der Waals surface area contributed by atoms with Gasteiger partial charge in [0, 0.05) is 24.7 Å². The molecule has 4 aromatic heterocycles. The van der Waals surface area contributed by atoms with Crippen LogP contribution in [0.15, 0.2) is 40.9 Å². The third kappa shape index (κ3) is 3.38. The first kappa shape index (κ1) is 21.0. The van der Waals surface area contributed by atoms with Crippen molar-refractivity contribution >= 4 is 34.0 Å². The number of pyridine rings is 2. The van der Waals surface area contributed by atoms with Crippen LogP contribution in [0.1, 0.15) is 35.5 Å². The Kier molecular flexibility index (Phi) is 4.77. The molecule has 1 amide bonds. The fourth-order valence-electron chi connectivity index (χ4n) is 5.43. The van der Waals surface area contributed by atoms with E-state index in [2.05, 4.69) is 27.3 Å². The molecule has 0 aromatic carbocycles. The van der Waals surface area contributed by atoms with E-state index in [0.717, 1.165) is 36.5 Å². The number of amides is 1. The summed E-state index contributed by atoms with van der Waals surface area (Å²) in [6.45, 7) is 5.06. The van der Waals surface area contributed by atoms with Crippen molar-refractivity contribution in [1.82, 2.24) is 19.5 Å². The van der Waals surface area contributed by atoms with E-state index in [1.807, 2.05) is 31.2 Å². The predicted octanol–water partition coefficient (Wildman–Crippen LogP) is 3.72. The summed E-state index contributed by atoms with van der Waals surface area (Å²) < 4.78 is 13.0. The number of ether oxygens (including phenoxy) is 1. The van der Waals surface area contributed by atoms with Gasteiger partial charge >= 0.3 is 0 Å². The van der Waals surface area contributed by atoms with E-state index in [0.29, 0.717) is 22.5 Å². The normalized spacial score (nSPS) is 20.7. The lowest BCUT2D eigenvalue weighted by Crippen LogP contribution is -2.43. The molecule has 9 nitrogen and oxygen atoms in total. The van der Waals surface area contributed by atoms with Gasteiger partial charge in [-0.1, -0.05) is 0 Å². The summed E-state index contributed by atoms with van der Waals surface area (Å²) >= 11 is 0. The second kappa shape index (κ2) is 7.73. The molecule has 34 heavy (non-hydrogen) atoms. The van der Waals surface area contributed by atoms with Gasteiger partial charge in [0.05, 0.1) is 30.2 Å². The molecular weight excluding hydrogens is 432 g/mol. The lowest BCUT2D eigenvalue weighted by Gasteiger charge is -2.32. The lowest BCUT2D eigenvalue weighted by atomic mass is 9.96. The predicted molar refractivity (Wildman–Crippen MR) is 130 cm³/mol. The quantitative estimate of drug-likeness (QED) is 0.497. The number of hydrogen-bond donors (Lipinski definition) is 1. The summed E-state index contributed by atoms with van der Waals surface area (Å²) in [5, 5.41) is 7.29. The van der Waals surface area contributed by atoms with Crippen molar-refractivity contribution in [1.29, 1.82) is 0 Å². The van der Waals surface area contributed by atoms with Crippen LogP contribution in [0.3, 0.4) is 0 Å². The van der Waals surface area contributed by atoms with Gasteiger partial charge in [-0.15, -0.1) is 0 Å². The van der Waals surface area contributed by atoms with Crippen LogP contribution in [0, 0.1) is 6.92 Å². The topological polar surface area (TPSA) is 88.1 Å². The first-order valence-electron chi connectivity index (χ1n) is 11.7. The van der Waals surface area contributed by atoms with Gasteiger partial charge in [0.1, 0.15) is 11.3 Å². The number of carbonyl (C=O) groups is 1. The summed E-state index contributed by atoms with van der Waals surface area (Å²) in [6.07, 6.45) is 5.40. The first-order valence-corrected chi connectivity index (χ1v) is 11.7. The Morgan fingerprint density at radius 3 is 2.88 bits per heavy atom. The van der Waals surface area contributed by atoms with Crippen LogP contribution in [0.5, 0.6) is 5.75 Å². The van der Waals surface area contributed by atoms with Crippen molar-refractivity contribution in [3.63, 3.8) is 0 Å². The molecule has 1 N–H and O–H groups in total. The van der Waals surface area contributed by atoms with Crippen molar-refractivity contribution in [3.05, 3.63) is 48.0 Å². The molecule has 4 aromatic rings. The molecule has 0 unspecified atom stereocenters. The minimum atomic E-state index is -0.355.